The number of carboxylic acids is 1. The summed E-state index contributed by atoms with van der Waals surface area (Å²) in [5, 5.41) is 12.3. The Morgan fingerprint density at radius 1 is 0.851 bits per heavy atom. The molecule has 9 heteroatoms. The maximum absolute atomic E-state index is 12.0. The number of fused-ring (bicyclic) bond motifs is 7. The maximum Gasteiger partial charge on any atom is 0.305 e. The summed E-state index contributed by atoms with van der Waals surface area (Å²) in [7, 11) is 1.42. The molecule has 8 bridgehead atoms. The maximum atomic E-state index is 12.0. The number of esters is 1. The Bertz CT molecular complexity index is 2000. The fourth-order valence-electron chi connectivity index (χ4n) is 7.22. The lowest BCUT2D eigenvalue weighted by molar-refractivity contribution is -0.140. The molecule has 0 saturated carbocycles. The summed E-state index contributed by atoms with van der Waals surface area (Å²) in [5.74, 6) is -0.182. The van der Waals surface area contributed by atoms with E-state index in [4.69, 9.17) is 14.7 Å². The smallest absolute Gasteiger partial charge is 0.305 e. The molecule has 0 aliphatic carbocycles. The van der Waals surface area contributed by atoms with E-state index in [1.54, 1.807) is 0 Å². The number of nitrogens with one attached hydrogen (secondary N) is 3. The third kappa shape index (κ3) is 6.71. The molecule has 5 heterocycles. The van der Waals surface area contributed by atoms with Crippen LogP contribution in [0.4, 0.5) is 0 Å². The first-order chi connectivity index (χ1) is 22.6. The number of carbonyl (C=O) groups is 2. The van der Waals surface area contributed by atoms with Crippen LogP contribution in [0, 0.1) is 12.3 Å². The van der Waals surface area contributed by atoms with E-state index in [0.717, 1.165) is 86.8 Å². The lowest BCUT2D eigenvalue weighted by atomic mass is 9.78. The first-order valence-corrected chi connectivity index (χ1v) is 17.1. The number of nitrogens with zero attached hydrogens (tertiary/aromatic N) is 2. The van der Waals surface area contributed by atoms with Crippen molar-refractivity contribution in [2.45, 2.75) is 106 Å². The molecule has 0 aromatic carbocycles. The van der Waals surface area contributed by atoms with Gasteiger partial charge in [0.1, 0.15) is 11.3 Å². The third-order valence-electron chi connectivity index (χ3n) is 10.1. The summed E-state index contributed by atoms with van der Waals surface area (Å²) in [5.41, 5.74) is 10.4. The zero-order valence-electron chi connectivity index (χ0n) is 28.9. The van der Waals surface area contributed by atoms with Gasteiger partial charge in [-0.1, -0.05) is 27.7 Å². The average molecular weight is 640 g/mol. The van der Waals surface area contributed by atoms with E-state index in [-0.39, 0.29) is 17.8 Å². The van der Waals surface area contributed by atoms with E-state index in [1.165, 1.54) is 23.8 Å². The summed E-state index contributed by atoms with van der Waals surface area (Å²) in [6, 6.07) is 2.13. The van der Waals surface area contributed by atoms with Crippen molar-refractivity contribution in [1.29, 1.82) is 0 Å². The van der Waals surface area contributed by atoms with Gasteiger partial charge in [0, 0.05) is 40.3 Å². The second-order valence-corrected chi connectivity index (χ2v) is 12.8. The summed E-state index contributed by atoms with van der Waals surface area (Å²) in [6.45, 7) is 13.1. The monoisotopic (exact) mass is 639 g/mol. The average Bonchev–Trinajstić information content (AvgIpc) is 3.74. The Labute approximate surface area is 276 Å². The zero-order valence-corrected chi connectivity index (χ0v) is 28.9. The fourth-order valence-corrected chi connectivity index (χ4v) is 7.22. The quantitative estimate of drug-likeness (QED) is 0.216. The van der Waals surface area contributed by atoms with Crippen molar-refractivity contribution in [2.75, 3.05) is 7.11 Å². The lowest BCUT2D eigenvalue weighted by Gasteiger charge is -2.25. The number of aliphatic carboxylic acids is 1. The molecule has 1 unspecified atom stereocenters. The zero-order chi connectivity index (χ0) is 33.9. The van der Waals surface area contributed by atoms with Crippen molar-refractivity contribution < 1.29 is 19.4 Å². The predicted molar refractivity (Wildman–Crippen MR) is 186 cm³/mol. The van der Waals surface area contributed by atoms with Crippen molar-refractivity contribution in [3.05, 3.63) is 78.1 Å². The first-order valence-electron chi connectivity index (χ1n) is 17.1. The molecule has 2 aliphatic heterocycles. The van der Waals surface area contributed by atoms with Crippen LogP contribution < -0.4 is 21.5 Å². The molecule has 1 atom stereocenters. The number of ether oxygens (including phenoxy) is 1. The highest BCUT2D eigenvalue weighted by Crippen LogP contribution is 2.43. The Morgan fingerprint density at radius 2 is 1.57 bits per heavy atom. The molecular weight excluding hydrogens is 590 g/mol. The Balaban J connectivity index is 1.83. The van der Waals surface area contributed by atoms with Crippen LogP contribution >= 0.6 is 0 Å². The Morgan fingerprint density at radius 3 is 2.23 bits per heavy atom. The summed E-state index contributed by atoms with van der Waals surface area (Å²) >= 11 is 0. The topological polar surface area (TPSA) is 136 Å². The number of carbonyl (C=O) groups excluding carboxylic acids is 1. The lowest BCUT2D eigenvalue weighted by Crippen LogP contribution is -2.28. The number of rotatable bonds is 12. The standard InChI is InChI=1S/C38H49N5O4/c1-8-25-26(9-2)36-41-31(25)19-24-18-23(14-12-16-34(44)45)30(39-24)21-32-27(15-13-17-35(46)47-7)22(5)29(40-32)20-33-28(10-3)38(6,11-4)37(42-33)43-36/h18-21,39-40H,8-17H2,1-7H3,(H,44,45)(H,41,42,43)/b29-20-,31-19?,32-21?. The van der Waals surface area contributed by atoms with Crippen molar-refractivity contribution in [3.63, 3.8) is 0 Å². The van der Waals surface area contributed by atoms with E-state index < -0.39 is 5.97 Å². The number of allylic oxidation sites excluding steroid dienone is 1. The van der Waals surface area contributed by atoms with Gasteiger partial charge < -0.3 is 24.8 Å². The highest BCUT2D eigenvalue weighted by molar-refractivity contribution is 5.96. The molecule has 0 spiro atoms. The highest BCUT2D eigenvalue weighted by atomic mass is 16.5. The van der Waals surface area contributed by atoms with Gasteiger partial charge in [-0.2, -0.15) is 0 Å². The minimum absolute atomic E-state index is 0.110. The summed E-state index contributed by atoms with van der Waals surface area (Å²) in [4.78, 5) is 44.9. The van der Waals surface area contributed by atoms with E-state index in [0.29, 0.717) is 32.1 Å². The predicted octanol–water partition coefficient (Wildman–Crippen LogP) is 4.57. The van der Waals surface area contributed by atoms with Crippen LogP contribution in [0.2, 0.25) is 0 Å². The SMILES string of the molecule is CCC1=C2/C=c3\[nH]c(c(CCCC(=O)OC)c3C)=Cc3[nH]c(cc3CCCC(=O)O)C=c3[nH]c(c(CC)c3CC)=NC(=N2)C1(C)CC. The number of hydrogen-bond acceptors (Lipinski definition) is 5. The first kappa shape index (κ1) is 33.9. The molecular formula is C38H49N5O4. The van der Waals surface area contributed by atoms with Crippen LogP contribution in [0.3, 0.4) is 0 Å². The Kier molecular flexibility index (Phi) is 10.2. The number of aliphatic imine (C=N–C) groups is 1. The van der Waals surface area contributed by atoms with Gasteiger partial charge in [0.25, 0.3) is 0 Å². The van der Waals surface area contributed by atoms with Gasteiger partial charge >= 0.3 is 11.9 Å². The number of carboxylic acid groups (broad SMARTS) is 1. The highest BCUT2D eigenvalue weighted by Gasteiger charge is 2.39. The molecule has 0 radical (unpaired) electrons. The number of hydrogen-bond donors (Lipinski definition) is 4. The molecule has 9 nitrogen and oxygen atoms in total. The minimum atomic E-state index is -0.795. The van der Waals surface area contributed by atoms with Crippen molar-refractivity contribution in [3.8, 4) is 0 Å². The fraction of sp³-hybridized carbons (Fsp3) is 0.474. The number of aromatic nitrogens is 3. The number of aryl methyl sites for hydroxylation is 1. The second-order valence-electron chi connectivity index (χ2n) is 12.8. The van der Waals surface area contributed by atoms with E-state index in [9.17, 15) is 14.7 Å². The second kappa shape index (κ2) is 14.2. The van der Waals surface area contributed by atoms with Crippen LogP contribution in [0.15, 0.2) is 27.3 Å². The summed E-state index contributed by atoms with van der Waals surface area (Å²) < 4.78 is 4.91. The van der Waals surface area contributed by atoms with Gasteiger partial charge in [0.15, 0.2) is 0 Å². The van der Waals surface area contributed by atoms with Gasteiger partial charge in [-0.25, -0.2) is 9.98 Å². The number of methoxy groups -OCH3 is 1. The van der Waals surface area contributed by atoms with Gasteiger partial charge in [-0.3, -0.25) is 9.59 Å². The van der Waals surface area contributed by atoms with Gasteiger partial charge in [0.2, 0.25) is 0 Å². The van der Waals surface area contributed by atoms with Crippen LogP contribution in [-0.2, 0) is 40.0 Å². The number of amidine groups is 1. The van der Waals surface area contributed by atoms with Crippen LogP contribution in [-0.4, -0.2) is 44.9 Å². The molecule has 0 fully saturated rings. The minimum Gasteiger partial charge on any atom is -0.481 e. The van der Waals surface area contributed by atoms with Crippen molar-refractivity contribution in [2.24, 2.45) is 15.4 Å². The van der Waals surface area contributed by atoms with E-state index in [1.807, 2.05) is 0 Å². The Hall–Kier alpha value is -4.40. The molecule has 5 rings (SSSR count). The molecule has 2 aliphatic rings. The number of aromatic amines is 3. The van der Waals surface area contributed by atoms with E-state index >= 15 is 0 Å². The molecule has 0 saturated heterocycles. The molecule has 0 amide bonds. The largest absolute Gasteiger partial charge is 0.481 e. The molecule has 4 N–H and O–H groups in total. The van der Waals surface area contributed by atoms with Gasteiger partial charge in [-0.15, -0.1) is 0 Å². The van der Waals surface area contributed by atoms with Gasteiger partial charge in [-0.05, 0) is 123 Å². The van der Waals surface area contributed by atoms with Gasteiger partial charge in [0.05, 0.1) is 18.2 Å². The molecule has 3 aromatic heterocycles. The van der Waals surface area contributed by atoms with Crippen LogP contribution in [0.5, 0.6) is 0 Å². The normalized spacial score (nSPS) is 17.8. The van der Waals surface area contributed by atoms with Crippen molar-refractivity contribution in [1.82, 2.24) is 15.0 Å². The van der Waals surface area contributed by atoms with Crippen LogP contribution in [0.1, 0.15) is 112 Å². The molecule has 47 heavy (non-hydrogen) atoms. The molecule has 250 valence electrons. The summed E-state index contributed by atoms with van der Waals surface area (Å²) in [6.07, 6.45) is 12.9. The molecule has 3 aromatic rings. The van der Waals surface area contributed by atoms with Crippen LogP contribution in [0.25, 0.3) is 18.2 Å². The van der Waals surface area contributed by atoms with Crippen molar-refractivity contribution >= 4 is 36.0 Å². The number of H-pyrrole nitrogens is 3. The third-order valence-corrected chi connectivity index (χ3v) is 10.1. The van der Waals surface area contributed by atoms with E-state index in [2.05, 4.69) is 80.8 Å².